The number of carboxylic acids is 1. The molecule has 1 aromatic heterocycles. The normalized spacial score (nSPS) is 27.3. The molecule has 3 aliphatic heterocycles. The molecule has 0 aliphatic carbocycles. The standard InChI is InChI=1S/C15H21N5O3S/c1-9-11(13(21)22)24-14(16-9)20-7-6-19(15(20)23)8-10-12(17-10)18-4-2-3-5-18/h10,12,17H,2-8H2,1H3,(H,21,22). The third-order valence-electron chi connectivity index (χ3n) is 4.91. The van der Waals surface area contributed by atoms with Crippen molar-refractivity contribution in [2.24, 2.45) is 0 Å². The Morgan fingerprint density at radius 2 is 2.08 bits per heavy atom. The molecule has 1 aromatic rings. The zero-order valence-electron chi connectivity index (χ0n) is 13.6. The number of hydrogen-bond donors (Lipinski definition) is 2. The van der Waals surface area contributed by atoms with Gasteiger partial charge in [-0.25, -0.2) is 14.6 Å². The minimum Gasteiger partial charge on any atom is -0.477 e. The molecule has 2 amide bonds. The van der Waals surface area contributed by atoms with Crippen molar-refractivity contribution in [3.63, 3.8) is 0 Å². The van der Waals surface area contributed by atoms with Crippen molar-refractivity contribution in [2.45, 2.75) is 32.0 Å². The summed E-state index contributed by atoms with van der Waals surface area (Å²) in [7, 11) is 0. The number of thiazole rings is 1. The third-order valence-corrected chi connectivity index (χ3v) is 6.08. The molecule has 3 saturated heterocycles. The van der Waals surface area contributed by atoms with Crippen molar-refractivity contribution in [3.05, 3.63) is 10.6 Å². The summed E-state index contributed by atoms with van der Waals surface area (Å²) < 4.78 is 0. The second-order valence-corrected chi connectivity index (χ2v) is 7.53. The Kier molecular flexibility index (Phi) is 3.93. The molecule has 3 aliphatic rings. The highest BCUT2D eigenvalue weighted by molar-refractivity contribution is 7.17. The SMILES string of the molecule is Cc1nc(N2CCN(CC3NC3N3CCCC3)C2=O)sc1C(=O)O. The maximum atomic E-state index is 12.6. The number of carbonyl (C=O) groups excluding carboxylic acids is 1. The molecule has 0 bridgehead atoms. The molecule has 130 valence electrons. The third kappa shape index (κ3) is 2.76. The van der Waals surface area contributed by atoms with Crippen LogP contribution in [0.4, 0.5) is 9.93 Å². The molecule has 24 heavy (non-hydrogen) atoms. The Balaban J connectivity index is 1.38. The Morgan fingerprint density at radius 3 is 2.75 bits per heavy atom. The van der Waals surface area contributed by atoms with Crippen LogP contribution in [0.25, 0.3) is 0 Å². The monoisotopic (exact) mass is 351 g/mol. The summed E-state index contributed by atoms with van der Waals surface area (Å²) >= 11 is 1.07. The maximum absolute atomic E-state index is 12.6. The van der Waals surface area contributed by atoms with E-state index in [9.17, 15) is 9.59 Å². The van der Waals surface area contributed by atoms with Gasteiger partial charge in [0, 0.05) is 19.6 Å². The fourth-order valence-electron chi connectivity index (χ4n) is 3.56. The predicted molar refractivity (Wildman–Crippen MR) is 89.6 cm³/mol. The van der Waals surface area contributed by atoms with Gasteiger partial charge in [0.25, 0.3) is 0 Å². The summed E-state index contributed by atoms with van der Waals surface area (Å²) in [5.41, 5.74) is 0.465. The van der Waals surface area contributed by atoms with Gasteiger partial charge in [0.1, 0.15) is 4.88 Å². The van der Waals surface area contributed by atoms with Gasteiger partial charge in [-0.05, 0) is 32.9 Å². The number of carbonyl (C=O) groups is 2. The average molecular weight is 351 g/mol. The van der Waals surface area contributed by atoms with Crippen LogP contribution in [0.5, 0.6) is 0 Å². The van der Waals surface area contributed by atoms with Gasteiger partial charge in [0.2, 0.25) is 0 Å². The number of aryl methyl sites for hydroxylation is 1. The number of aromatic carboxylic acids is 1. The van der Waals surface area contributed by atoms with Crippen LogP contribution in [0.3, 0.4) is 0 Å². The van der Waals surface area contributed by atoms with E-state index in [-0.39, 0.29) is 10.9 Å². The fraction of sp³-hybridized carbons (Fsp3) is 0.667. The van der Waals surface area contributed by atoms with Gasteiger partial charge in [0.05, 0.1) is 17.9 Å². The summed E-state index contributed by atoms with van der Waals surface area (Å²) in [4.78, 5) is 34.1. The highest BCUT2D eigenvalue weighted by Crippen LogP contribution is 2.30. The molecule has 0 saturated carbocycles. The number of rotatable bonds is 5. The minimum atomic E-state index is -0.990. The summed E-state index contributed by atoms with van der Waals surface area (Å²) in [5.74, 6) is -0.990. The quantitative estimate of drug-likeness (QED) is 0.761. The molecule has 3 fully saturated rings. The number of anilines is 1. The number of nitrogens with one attached hydrogen (secondary N) is 1. The van der Waals surface area contributed by atoms with Crippen molar-refractivity contribution in [2.75, 3.05) is 37.6 Å². The fourth-order valence-corrected chi connectivity index (χ4v) is 4.48. The van der Waals surface area contributed by atoms with Crippen molar-refractivity contribution in [3.8, 4) is 0 Å². The lowest BCUT2D eigenvalue weighted by Crippen LogP contribution is -2.36. The van der Waals surface area contributed by atoms with Crippen LogP contribution in [0.15, 0.2) is 0 Å². The number of carboxylic acid groups (broad SMARTS) is 1. The first-order chi connectivity index (χ1) is 11.5. The lowest BCUT2D eigenvalue weighted by Gasteiger charge is -2.17. The highest BCUT2D eigenvalue weighted by atomic mass is 32.1. The maximum Gasteiger partial charge on any atom is 0.347 e. The van der Waals surface area contributed by atoms with E-state index in [0.717, 1.165) is 24.4 Å². The van der Waals surface area contributed by atoms with Crippen molar-refractivity contribution in [1.82, 2.24) is 20.1 Å². The molecule has 8 nitrogen and oxygen atoms in total. The van der Waals surface area contributed by atoms with E-state index in [4.69, 9.17) is 5.11 Å². The molecule has 0 radical (unpaired) electrons. The van der Waals surface area contributed by atoms with Gasteiger partial charge in [-0.1, -0.05) is 11.3 Å². The first kappa shape index (κ1) is 15.8. The Hall–Kier alpha value is -1.71. The molecular formula is C15H21N5O3S. The smallest absolute Gasteiger partial charge is 0.347 e. The van der Waals surface area contributed by atoms with E-state index in [1.54, 1.807) is 11.8 Å². The number of urea groups is 1. The Bertz CT molecular complexity index is 672. The topological polar surface area (TPSA) is 98.9 Å². The van der Waals surface area contributed by atoms with Crippen LogP contribution in [0.2, 0.25) is 0 Å². The number of nitrogens with zero attached hydrogens (tertiary/aromatic N) is 4. The zero-order valence-corrected chi connectivity index (χ0v) is 14.4. The number of hydrogen-bond acceptors (Lipinski definition) is 6. The number of likely N-dealkylation sites (tertiary alicyclic amines) is 1. The van der Waals surface area contributed by atoms with Crippen LogP contribution in [-0.2, 0) is 0 Å². The van der Waals surface area contributed by atoms with E-state index < -0.39 is 5.97 Å². The van der Waals surface area contributed by atoms with Gasteiger partial charge in [-0.3, -0.25) is 15.1 Å². The second kappa shape index (κ2) is 5.98. The van der Waals surface area contributed by atoms with Crippen LogP contribution in [0, 0.1) is 6.92 Å². The van der Waals surface area contributed by atoms with E-state index in [1.165, 1.54) is 12.8 Å². The lowest BCUT2D eigenvalue weighted by atomic mass is 10.3. The van der Waals surface area contributed by atoms with Crippen LogP contribution in [0.1, 0.15) is 28.2 Å². The average Bonchev–Trinajstić information content (AvgIpc) is 2.93. The zero-order chi connectivity index (χ0) is 16.8. The molecule has 4 rings (SSSR count). The molecular weight excluding hydrogens is 330 g/mol. The van der Waals surface area contributed by atoms with Gasteiger partial charge in [-0.2, -0.15) is 0 Å². The van der Waals surface area contributed by atoms with Crippen LogP contribution >= 0.6 is 11.3 Å². The van der Waals surface area contributed by atoms with Crippen molar-refractivity contribution < 1.29 is 14.7 Å². The molecule has 2 N–H and O–H groups in total. The molecule has 0 spiro atoms. The molecule has 2 unspecified atom stereocenters. The van der Waals surface area contributed by atoms with E-state index in [1.807, 2.05) is 4.90 Å². The lowest BCUT2D eigenvalue weighted by molar-refractivity contribution is 0.0701. The van der Waals surface area contributed by atoms with Crippen molar-refractivity contribution >= 4 is 28.5 Å². The first-order valence-electron chi connectivity index (χ1n) is 8.32. The summed E-state index contributed by atoms with van der Waals surface area (Å²) in [6.07, 6.45) is 2.93. The molecule has 9 heteroatoms. The summed E-state index contributed by atoms with van der Waals surface area (Å²) in [6.45, 7) is 5.87. The van der Waals surface area contributed by atoms with Crippen LogP contribution < -0.4 is 10.2 Å². The second-order valence-electron chi connectivity index (χ2n) is 6.56. The highest BCUT2D eigenvalue weighted by Gasteiger charge is 2.45. The Labute approximate surface area is 144 Å². The number of amides is 2. The van der Waals surface area contributed by atoms with Gasteiger partial charge in [0.15, 0.2) is 5.13 Å². The van der Waals surface area contributed by atoms with Crippen LogP contribution in [-0.4, -0.2) is 76.8 Å². The predicted octanol–water partition coefficient (Wildman–Crippen LogP) is 0.785. The largest absolute Gasteiger partial charge is 0.477 e. The van der Waals surface area contributed by atoms with Gasteiger partial charge >= 0.3 is 12.0 Å². The molecule has 0 aromatic carbocycles. The summed E-state index contributed by atoms with van der Waals surface area (Å²) in [5, 5.41) is 13.1. The van der Waals surface area contributed by atoms with E-state index in [0.29, 0.717) is 42.7 Å². The van der Waals surface area contributed by atoms with E-state index >= 15 is 0 Å². The van der Waals surface area contributed by atoms with Gasteiger partial charge < -0.3 is 10.0 Å². The number of aromatic nitrogens is 1. The molecule has 4 heterocycles. The minimum absolute atomic E-state index is 0.0745. The van der Waals surface area contributed by atoms with Gasteiger partial charge in [-0.15, -0.1) is 0 Å². The molecule has 2 atom stereocenters. The first-order valence-corrected chi connectivity index (χ1v) is 9.13. The van der Waals surface area contributed by atoms with Crippen molar-refractivity contribution in [1.29, 1.82) is 0 Å². The Morgan fingerprint density at radius 1 is 1.33 bits per heavy atom. The summed E-state index contributed by atoms with van der Waals surface area (Å²) in [6, 6.07) is 0.272. The van der Waals surface area contributed by atoms with E-state index in [2.05, 4.69) is 15.2 Å².